The van der Waals surface area contributed by atoms with Gasteiger partial charge in [-0.15, -0.1) is 0 Å². The molecule has 120 valence electrons. The fourth-order valence-electron chi connectivity index (χ4n) is 3.45. The summed E-state index contributed by atoms with van der Waals surface area (Å²) < 4.78 is 0. The molecule has 1 unspecified atom stereocenters. The van der Waals surface area contributed by atoms with Crippen molar-refractivity contribution in [3.63, 3.8) is 0 Å². The first-order valence-corrected chi connectivity index (χ1v) is 8.64. The maximum atomic E-state index is 12.6. The zero-order valence-corrected chi connectivity index (χ0v) is 13.6. The van der Waals surface area contributed by atoms with Crippen LogP contribution in [0.1, 0.15) is 58.8 Å². The third-order valence-electron chi connectivity index (χ3n) is 4.74. The summed E-state index contributed by atoms with van der Waals surface area (Å²) in [6, 6.07) is 0. The molecule has 4 heteroatoms. The smallest absolute Gasteiger partial charge is 0.225 e. The van der Waals surface area contributed by atoms with E-state index in [1.807, 2.05) is 4.90 Å². The van der Waals surface area contributed by atoms with Crippen LogP contribution in [0.4, 0.5) is 0 Å². The molecule has 1 heterocycles. The molecule has 1 aliphatic carbocycles. The van der Waals surface area contributed by atoms with Crippen molar-refractivity contribution < 1.29 is 9.59 Å². The molecule has 0 spiro atoms. The largest absolute Gasteiger partial charge is 0.356 e. The number of nitrogens with zero attached hydrogens (tertiary/aromatic N) is 1. The van der Waals surface area contributed by atoms with Crippen molar-refractivity contribution in [2.24, 2.45) is 17.8 Å². The molecule has 1 saturated heterocycles. The van der Waals surface area contributed by atoms with Gasteiger partial charge in [0.15, 0.2) is 0 Å². The third-order valence-corrected chi connectivity index (χ3v) is 4.74. The number of amides is 2. The van der Waals surface area contributed by atoms with E-state index in [1.165, 1.54) is 19.3 Å². The molecule has 2 aliphatic rings. The van der Waals surface area contributed by atoms with Crippen LogP contribution in [-0.2, 0) is 9.59 Å². The second-order valence-corrected chi connectivity index (χ2v) is 7.10. The zero-order valence-electron chi connectivity index (χ0n) is 13.6. The van der Waals surface area contributed by atoms with Gasteiger partial charge in [0.1, 0.15) is 0 Å². The van der Waals surface area contributed by atoms with E-state index < -0.39 is 0 Å². The van der Waals surface area contributed by atoms with Crippen molar-refractivity contribution in [2.75, 3.05) is 19.6 Å². The molecular weight excluding hydrogens is 264 g/mol. The summed E-state index contributed by atoms with van der Waals surface area (Å²) in [7, 11) is 0. The first-order chi connectivity index (χ1) is 10.1. The minimum atomic E-state index is -0.00922. The van der Waals surface area contributed by atoms with E-state index in [9.17, 15) is 9.59 Å². The lowest BCUT2D eigenvalue weighted by molar-refractivity contribution is -0.140. The van der Waals surface area contributed by atoms with Gasteiger partial charge in [-0.2, -0.15) is 0 Å². The van der Waals surface area contributed by atoms with E-state index >= 15 is 0 Å². The van der Waals surface area contributed by atoms with Gasteiger partial charge < -0.3 is 10.2 Å². The van der Waals surface area contributed by atoms with E-state index in [0.717, 1.165) is 38.8 Å². The SMILES string of the molecule is CC(C)CNC(=O)C1CCCN(C(=O)C2CCCCC2)C1. The normalized spacial score (nSPS) is 24.1. The van der Waals surface area contributed by atoms with Gasteiger partial charge in [-0.3, -0.25) is 9.59 Å². The van der Waals surface area contributed by atoms with E-state index in [2.05, 4.69) is 19.2 Å². The highest BCUT2D eigenvalue weighted by molar-refractivity contribution is 5.82. The van der Waals surface area contributed by atoms with Crippen LogP contribution < -0.4 is 5.32 Å². The summed E-state index contributed by atoms with van der Waals surface area (Å²) in [6.07, 6.45) is 7.59. The van der Waals surface area contributed by atoms with Crippen LogP contribution in [0.3, 0.4) is 0 Å². The van der Waals surface area contributed by atoms with E-state index in [1.54, 1.807) is 0 Å². The highest BCUT2D eigenvalue weighted by atomic mass is 16.2. The van der Waals surface area contributed by atoms with E-state index in [4.69, 9.17) is 0 Å². The fourth-order valence-corrected chi connectivity index (χ4v) is 3.45. The van der Waals surface area contributed by atoms with E-state index in [-0.39, 0.29) is 17.7 Å². The molecule has 2 fully saturated rings. The summed E-state index contributed by atoms with van der Waals surface area (Å²) in [5, 5.41) is 3.01. The molecule has 1 N–H and O–H groups in total. The summed E-state index contributed by atoms with van der Waals surface area (Å²) in [5.74, 6) is 1.11. The number of piperidine rings is 1. The monoisotopic (exact) mass is 294 g/mol. The number of nitrogens with one attached hydrogen (secondary N) is 1. The minimum absolute atomic E-state index is 0.00922. The molecule has 21 heavy (non-hydrogen) atoms. The topological polar surface area (TPSA) is 49.4 Å². The molecule has 2 rings (SSSR count). The maximum absolute atomic E-state index is 12.6. The zero-order chi connectivity index (χ0) is 15.2. The molecule has 0 aromatic carbocycles. The van der Waals surface area contributed by atoms with Gasteiger partial charge in [0.05, 0.1) is 5.92 Å². The Hall–Kier alpha value is -1.06. The molecule has 0 radical (unpaired) electrons. The Morgan fingerprint density at radius 1 is 1.05 bits per heavy atom. The van der Waals surface area contributed by atoms with Crippen molar-refractivity contribution in [2.45, 2.75) is 58.8 Å². The maximum Gasteiger partial charge on any atom is 0.225 e. The average Bonchev–Trinajstić information content (AvgIpc) is 2.52. The van der Waals surface area contributed by atoms with Crippen molar-refractivity contribution >= 4 is 11.8 Å². The molecular formula is C17H30N2O2. The van der Waals surface area contributed by atoms with Gasteiger partial charge in [0, 0.05) is 25.6 Å². The van der Waals surface area contributed by atoms with Gasteiger partial charge in [-0.1, -0.05) is 33.1 Å². The number of likely N-dealkylation sites (tertiary alicyclic amines) is 1. The molecule has 1 aliphatic heterocycles. The Labute approximate surface area is 128 Å². The van der Waals surface area contributed by atoms with Gasteiger partial charge in [0.25, 0.3) is 0 Å². The first-order valence-electron chi connectivity index (χ1n) is 8.64. The molecule has 2 amide bonds. The van der Waals surface area contributed by atoms with Gasteiger partial charge in [0.2, 0.25) is 11.8 Å². The molecule has 4 nitrogen and oxygen atoms in total. The molecule has 0 aromatic heterocycles. The van der Waals surface area contributed by atoms with Gasteiger partial charge >= 0.3 is 0 Å². The average molecular weight is 294 g/mol. The summed E-state index contributed by atoms with van der Waals surface area (Å²) in [4.78, 5) is 26.7. The number of hydrogen-bond donors (Lipinski definition) is 1. The van der Waals surface area contributed by atoms with E-state index in [0.29, 0.717) is 18.4 Å². The number of rotatable bonds is 4. The van der Waals surface area contributed by atoms with Crippen molar-refractivity contribution in [3.8, 4) is 0 Å². The molecule has 1 saturated carbocycles. The summed E-state index contributed by atoms with van der Waals surface area (Å²) in [6.45, 7) is 6.38. The molecule has 1 atom stereocenters. The Kier molecular flexibility index (Phi) is 6.07. The van der Waals surface area contributed by atoms with Crippen molar-refractivity contribution in [1.29, 1.82) is 0 Å². The lowest BCUT2D eigenvalue weighted by Gasteiger charge is -2.35. The minimum Gasteiger partial charge on any atom is -0.356 e. The van der Waals surface area contributed by atoms with Crippen molar-refractivity contribution in [3.05, 3.63) is 0 Å². The lowest BCUT2D eigenvalue weighted by Crippen LogP contribution is -2.47. The van der Waals surface area contributed by atoms with Crippen LogP contribution in [0, 0.1) is 17.8 Å². The van der Waals surface area contributed by atoms with Crippen LogP contribution in [0.25, 0.3) is 0 Å². The Bertz CT molecular complexity index is 362. The highest BCUT2D eigenvalue weighted by Crippen LogP contribution is 2.27. The lowest BCUT2D eigenvalue weighted by atomic mass is 9.87. The predicted molar refractivity (Wildman–Crippen MR) is 83.7 cm³/mol. The summed E-state index contributed by atoms with van der Waals surface area (Å²) >= 11 is 0. The molecule has 0 aromatic rings. The fraction of sp³-hybridized carbons (Fsp3) is 0.882. The van der Waals surface area contributed by atoms with Crippen LogP contribution in [0.5, 0.6) is 0 Å². The van der Waals surface area contributed by atoms with Crippen LogP contribution in [-0.4, -0.2) is 36.3 Å². The van der Waals surface area contributed by atoms with Crippen molar-refractivity contribution in [1.82, 2.24) is 10.2 Å². The second-order valence-electron chi connectivity index (χ2n) is 7.10. The summed E-state index contributed by atoms with van der Waals surface area (Å²) in [5.41, 5.74) is 0. The Morgan fingerprint density at radius 3 is 2.38 bits per heavy atom. The highest BCUT2D eigenvalue weighted by Gasteiger charge is 2.32. The molecule has 0 bridgehead atoms. The number of hydrogen-bond acceptors (Lipinski definition) is 2. The quantitative estimate of drug-likeness (QED) is 0.866. The number of carbonyl (C=O) groups is 2. The number of carbonyl (C=O) groups excluding carboxylic acids is 2. The first kappa shape index (κ1) is 16.3. The van der Waals surface area contributed by atoms with Crippen LogP contribution in [0.2, 0.25) is 0 Å². The van der Waals surface area contributed by atoms with Crippen LogP contribution in [0.15, 0.2) is 0 Å². The van der Waals surface area contributed by atoms with Gasteiger partial charge in [-0.25, -0.2) is 0 Å². The Balaban J connectivity index is 1.84. The second kappa shape index (κ2) is 7.81. The Morgan fingerprint density at radius 2 is 1.71 bits per heavy atom. The third kappa shape index (κ3) is 4.72. The predicted octanol–water partition coefficient (Wildman–Crippen LogP) is 2.58. The van der Waals surface area contributed by atoms with Crippen LogP contribution >= 0.6 is 0 Å². The standard InChI is InChI=1S/C17H30N2O2/c1-13(2)11-18-16(20)15-9-6-10-19(12-15)17(21)14-7-4-3-5-8-14/h13-15H,3-12H2,1-2H3,(H,18,20). The van der Waals surface area contributed by atoms with Gasteiger partial charge in [-0.05, 0) is 31.6 Å².